The van der Waals surface area contributed by atoms with E-state index in [1.54, 1.807) is 14.2 Å². The standard InChI is InChI=1S/C21H28N6O3/c1-14-23-20(22-7-8-26-9-11-30-12-10-26)19-21(24-14)27(15(2)25-19)16-5-6-17(28-3)18(13-16)29-4/h5-6,13H,7-12H2,1-4H3,(H,22,23,24). The number of ether oxygens (including phenoxy) is 3. The van der Waals surface area contributed by atoms with E-state index < -0.39 is 0 Å². The molecule has 0 unspecified atom stereocenters. The molecule has 4 rings (SSSR count). The topological polar surface area (TPSA) is 86.6 Å². The number of nitrogens with zero attached hydrogens (tertiary/aromatic N) is 5. The molecule has 1 aromatic carbocycles. The molecule has 3 heterocycles. The van der Waals surface area contributed by atoms with Crippen LogP contribution in [0.4, 0.5) is 5.82 Å². The molecule has 0 radical (unpaired) electrons. The van der Waals surface area contributed by atoms with Crippen molar-refractivity contribution >= 4 is 17.0 Å². The lowest BCUT2D eigenvalue weighted by molar-refractivity contribution is 0.0398. The van der Waals surface area contributed by atoms with E-state index in [1.807, 2.05) is 36.6 Å². The molecule has 9 heteroatoms. The fourth-order valence-electron chi connectivity index (χ4n) is 3.73. The first-order valence-electron chi connectivity index (χ1n) is 10.1. The zero-order chi connectivity index (χ0) is 21.1. The molecule has 0 amide bonds. The van der Waals surface area contributed by atoms with Gasteiger partial charge >= 0.3 is 0 Å². The Bertz CT molecular complexity index is 1030. The Kier molecular flexibility index (Phi) is 6.01. The average Bonchev–Trinajstić information content (AvgIpc) is 3.09. The fourth-order valence-corrected chi connectivity index (χ4v) is 3.73. The third kappa shape index (κ3) is 4.03. The highest BCUT2D eigenvalue weighted by molar-refractivity contribution is 5.85. The van der Waals surface area contributed by atoms with Gasteiger partial charge in [0.15, 0.2) is 28.5 Å². The predicted octanol–water partition coefficient (Wildman–Crippen LogP) is 2.19. The molecule has 0 saturated carbocycles. The number of rotatable bonds is 7. The van der Waals surface area contributed by atoms with Crippen molar-refractivity contribution in [1.29, 1.82) is 0 Å². The number of hydrogen-bond donors (Lipinski definition) is 1. The highest BCUT2D eigenvalue weighted by Crippen LogP contribution is 2.31. The fraction of sp³-hybridized carbons (Fsp3) is 0.476. The van der Waals surface area contributed by atoms with E-state index in [9.17, 15) is 0 Å². The van der Waals surface area contributed by atoms with Crippen LogP contribution in [0.5, 0.6) is 11.5 Å². The molecule has 1 aliphatic rings. The molecule has 1 saturated heterocycles. The van der Waals surface area contributed by atoms with Crippen LogP contribution in [0.15, 0.2) is 18.2 Å². The van der Waals surface area contributed by atoms with E-state index in [4.69, 9.17) is 19.2 Å². The molecule has 1 fully saturated rings. The molecule has 1 N–H and O–H groups in total. The number of aromatic nitrogens is 4. The number of fused-ring (bicyclic) bond motifs is 1. The highest BCUT2D eigenvalue weighted by atomic mass is 16.5. The van der Waals surface area contributed by atoms with Crippen LogP contribution in [0.3, 0.4) is 0 Å². The van der Waals surface area contributed by atoms with Crippen molar-refractivity contribution in [3.8, 4) is 17.2 Å². The molecule has 160 valence electrons. The minimum Gasteiger partial charge on any atom is -0.493 e. The highest BCUT2D eigenvalue weighted by Gasteiger charge is 2.18. The normalized spacial score (nSPS) is 14.8. The summed E-state index contributed by atoms with van der Waals surface area (Å²) in [7, 11) is 3.25. The van der Waals surface area contributed by atoms with Crippen LogP contribution in [0.1, 0.15) is 11.6 Å². The van der Waals surface area contributed by atoms with Gasteiger partial charge in [-0.25, -0.2) is 15.0 Å². The van der Waals surface area contributed by atoms with Gasteiger partial charge in [0.05, 0.1) is 33.1 Å². The lowest BCUT2D eigenvalue weighted by Gasteiger charge is -2.26. The minimum absolute atomic E-state index is 0.658. The van der Waals surface area contributed by atoms with Crippen molar-refractivity contribution in [3.63, 3.8) is 0 Å². The summed E-state index contributed by atoms with van der Waals surface area (Å²) in [5.74, 6) is 3.62. The summed E-state index contributed by atoms with van der Waals surface area (Å²) in [6.45, 7) is 9.10. The number of anilines is 1. The van der Waals surface area contributed by atoms with Gasteiger partial charge in [0.2, 0.25) is 0 Å². The monoisotopic (exact) mass is 412 g/mol. The Morgan fingerprint density at radius 3 is 2.53 bits per heavy atom. The summed E-state index contributed by atoms with van der Waals surface area (Å²) in [5.41, 5.74) is 2.43. The van der Waals surface area contributed by atoms with Gasteiger partial charge in [-0.05, 0) is 26.0 Å². The molecular formula is C21H28N6O3. The second-order valence-corrected chi connectivity index (χ2v) is 7.21. The Balaban J connectivity index is 1.65. The maximum absolute atomic E-state index is 5.47. The zero-order valence-corrected chi connectivity index (χ0v) is 17.9. The zero-order valence-electron chi connectivity index (χ0n) is 17.9. The Labute approximate surface area is 176 Å². The summed E-state index contributed by atoms with van der Waals surface area (Å²) >= 11 is 0. The van der Waals surface area contributed by atoms with Crippen molar-refractivity contribution in [3.05, 3.63) is 29.8 Å². The number of methoxy groups -OCH3 is 2. The smallest absolute Gasteiger partial charge is 0.170 e. The number of benzene rings is 1. The van der Waals surface area contributed by atoms with Crippen LogP contribution in [-0.4, -0.2) is 78.0 Å². The molecule has 30 heavy (non-hydrogen) atoms. The number of hydrogen-bond acceptors (Lipinski definition) is 8. The van der Waals surface area contributed by atoms with Gasteiger partial charge in [0.25, 0.3) is 0 Å². The van der Waals surface area contributed by atoms with Gasteiger partial charge in [-0.15, -0.1) is 0 Å². The van der Waals surface area contributed by atoms with E-state index in [0.29, 0.717) is 17.3 Å². The Morgan fingerprint density at radius 1 is 1.03 bits per heavy atom. The first kappa shape index (κ1) is 20.4. The molecule has 0 atom stereocenters. The molecule has 3 aromatic rings. The summed E-state index contributed by atoms with van der Waals surface area (Å²) in [6, 6.07) is 5.78. The maximum Gasteiger partial charge on any atom is 0.170 e. The number of aryl methyl sites for hydroxylation is 2. The van der Waals surface area contributed by atoms with Crippen molar-refractivity contribution in [2.45, 2.75) is 13.8 Å². The lowest BCUT2D eigenvalue weighted by atomic mass is 10.2. The summed E-state index contributed by atoms with van der Waals surface area (Å²) in [5, 5.41) is 3.45. The molecule has 0 bridgehead atoms. The van der Waals surface area contributed by atoms with E-state index in [2.05, 4.69) is 20.2 Å². The second kappa shape index (κ2) is 8.85. The van der Waals surface area contributed by atoms with E-state index in [1.165, 1.54) is 0 Å². The van der Waals surface area contributed by atoms with Crippen molar-refractivity contribution in [2.75, 3.05) is 58.9 Å². The van der Waals surface area contributed by atoms with Gasteiger partial charge in [-0.3, -0.25) is 9.47 Å². The molecule has 0 aliphatic carbocycles. The summed E-state index contributed by atoms with van der Waals surface area (Å²) in [6.07, 6.45) is 0. The lowest BCUT2D eigenvalue weighted by Crippen LogP contribution is -2.39. The number of nitrogens with one attached hydrogen (secondary N) is 1. The maximum atomic E-state index is 5.47. The van der Waals surface area contributed by atoms with Gasteiger partial charge in [-0.2, -0.15) is 0 Å². The van der Waals surface area contributed by atoms with Crippen LogP contribution in [-0.2, 0) is 4.74 Å². The van der Waals surface area contributed by atoms with E-state index >= 15 is 0 Å². The van der Waals surface area contributed by atoms with Gasteiger partial charge in [0, 0.05) is 32.2 Å². The Morgan fingerprint density at radius 2 is 1.80 bits per heavy atom. The molecular weight excluding hydrogens is 384 g/mol. The van der Waals surface area contributed by atoms with E-state index in [-0.39, 0.29) is 0 Å². The molecule has 0 spiro atoms. The second-order valence-electron chi connectivity index (χ2n) is 7.21. The van der Waals surface area contributed by atoms with Crippen LogP contribution < -0.4 is 14.8 Å². The molecule has 9 nitrogen and oxygen atoms in total. The molecule has 1 aliphatic heterocycles. The summed E-state index contributed by atoms with van der Waals surface area (Å²) in [4.78, 5) is 16.4. The quantitative estimate of drug-likeness (QED) is 0.632. The first-order valence-corrected chi connectivity index (χ1v) is 10.1. The number of morpholine rings is 1. The van der Waals surface area contributed by atoms with Crippen molar-refractivity contribution < 1.29 is 14.2 Å². The molecule has 2 aromatic heterocycles. The van der Waals surface area contributed by atoms with Gasteiger partial charge in [0.1, 0.15) is 11.6 Å². The van der Waals surface area contributed by atoms with Crippen molar-refractivity contribution in [2.24, 2.45) is 0 Å². The minimum atomic E-state index is 0.658. The predicted molar refractivity (Wildman–Crippen MR) is 115 cm³/mol. The largest absolute Gasteiger partial charge is 0.493 e. The van der Waals surface area contributed by atoms with Crippen LogP contribution in [0.2, 0.25) is 0 Å². The van der Waals surface area contributed by atoms with Gasteiger partial charge in [-0.1, -0.05) is 0 Å². The third-order valence-corrected chi connectivity index (χ3v) is 5.24. The SMILES string of the molecule is COc1ccc(-n2c(C)nc3c(NCCN4CCOCC4)nc(C)nc32)cc1OC. The first-order chi connectivity index (χ1) is 14.6. The van der Waals surface area contributed by atoms with E-state index in [0.717, 1.165) is 67.9 Å². The third-order valence-electron chi connectivity index (χ3n) is 5.24. The van der Waals surface area contributed by atoms with Gasteiger partial charge < -0.3 is 19.5 Å². The van der Waals surface area contributed by atoms with Crippen LogP contribution >= 0.6 is 0 Å². The number of imidazole rings is 1. The van der Waals surface area contributed by atoms with Crippen molar-refractivity contribution in [1.82, 2.24) is 24.4 Å². The van der Waals surface area contributed by atoms with Crippen LogP contribution in [0.25, 0.3) is 16.9 Å². The Hall–Kier alpha value is -2.91. The average molecular weight is 412 g/mol. The summed E-state index contributed by atoms with van der Waals surface area (Å²) < 4.78 is 18.3. The van der Waals surface area contributed by atoms with Crippen LogP contribution in [0, 0.1) is 13.8 Å².